The lowest BCUT2D eigenvalue weighted by molar-refractivity contribution is -0.142. The number of carbonyl (C=O) groups excluding carboxylic acids is 3. The molecular formula is C22H24N2O6. The lowest BCUT2D eigenvalue weighted by Crippen LogP contribution is -2.23. The molecule has 0 atom stereocenters. The van der Waals surface area contributed by atoms with E-state index in [-0.39, 0.29) is 5.91 Å². The average Bonchev–Trinajstić information content (AvgIpc) is 2.76. The summed E-state index contributed by atoms with van der Waals surface area (Å²) < 4.78 is 15.3. The summed E-state index contributed by atoms with van der Waals surface area (Å²) in [6.45, 7) is 1.86. The first-order valence-corrected chi connectivity index (χ1v) is 9.21. The number of methoxy groups -OCH3 is 2. The van der Waals surface area contributed by atoms with Gasteiger partial charge in [-0.15, -0.1) is 0 Å². The molecule has 8 heteroatoms. The molecule has 8 nitrogen and oxygen atoms in total. The van der Waals surface area contributed by atoms with E-state index in [1.807, 2.05) is 6.92 Å². The van der Waals surface area contributed by atoms with Gasteiger partial charge >= 0.3 is 5.97 Å². The molecule has 0 aliphatic heterocycles. The summed E-state index contributed by atoms with van der Waals surface area (Å²) in [5.74, 6) is -0.320. The third-order valence-electron chi connectivity index (χ3n) is 3.91. The van der Waals surface area contributed by atoms with Gasteiger partial charge in [-0.2, -0.15) is 0 Å². The van der Waals surface area contributed by atoms with Crippen molar-refractivity contribution in [1.82, 2.24) is 5.32 Å². The molecule has 0 aliphatic carbocycles. The van der Waals surface area contributed by atoms with Gasteiger partial charge in [0, 0.05) is 23.9 Å². The second-order valence-corrected chi connectivity index (χ2v) is 6.04. The van der Waals surface area contributed by atoms with Crippen LogP contribution in [0.25, 0.3) is 6.08 Å². The molecular weight excluding hydrogens is 388 g/mol. The minimum Gasteiger partial charge on any atom is -0.493 e. The standard InChI is InChI=1S/C22H24N2O6/c1-4-23-22(27)16-6-5-7-17(13-16)24-20(25)14-30-21(26)11-9-15-8-10-18(28-2)19(12-15)29-3/h5-13H,4,14H2,1-3H3,(H,23,27)(H,24,25)/b11-9+. The quantitative estimate of drug-likeness (QED) is 0.485. The molecule has 2 rings (SSSR count). The fraction of sp³-hybridized carbons (Fsp3) is 0.227. The molecule has 0 aliphatic rings. The van der Waals surface area contributed by atoms with E-state index in [1.54, 1.807) is 42.5 Å². The van der Waals surface area contributed by atoms with Crippen LogP contribution in [-0.4, -0.2) is 45.2 Å². The topological polar surface area (TPSA) is 103 Å². The van der Waals surface area contributed by atoms with Gasteiger partial charge in [0.25, 0.3) is 11.8 Å². The van der Waals surface area contributed by atoms with Crippen molar-refractivity contribution in [3.63, 3.8) is 0 Å². The molecule has 2 aromatic rings. The van der Waals surface area contributed by atoms with Crippen LogP contribution in [0.4, 0.5) is 5.69 Å². The van der Waals surface area contributed by atoms with Crippen molar-refractivity contribution in [3.8, 4) is 11.5 Å². The van der Waals surface area contributed by atoms with Crippen LogP contribution in [0.15, 0.2) is 48.5 Å². The van der Waals surface area contributed by atoms with Crippen LogP contribution in [0.1, 0.15) is 22.8 Å². The zero-order valence-corrected chi connectivity index (χ0v) is 17.1. The third-order valence-corrected chi connectivity index (χ3v) is 3.91. The molecule has 0 heterocycles. The van der Waals surface area contributed by atoms with E-state index in [0.717, 1.165) is 0 Å². The fourth-order valence-corrected chi connectivity index (χ4v) is 2.50. The van der Waals surface area contributed by atoms with E-state index >= 15 is 0 Å². The Morgan fingerprint density at radius 2 is 1.77 bits per heavy atom. The molecule has 0 radical (unpaired) electrons. The number of ether oxygens (including phenoxy) is 3. The highest BCUT2D eigenvalue weighted by molar-refractivity contribution is 5.98. The van der Waals surface area contributed by atoms with E-state index in [9.17, 15) is 14.4 Å². The van der Waals surface area contributed by atoms with Crippen LogP contribution in [-0.2, 0) is 14.3 Å². The number of benzene rings is 2. The number of anilines is 1. The number of amides is 2. The van der Waals surface area contributed by atoms with Crippen LogP contribution in [0, 0.1) is 0 Å². The number of carbonyl (C=O) groups is 3. The fourth-order valence-electron chi connectivity index (χ4n) is 2.50. The van der Waals surface area contributed by atoms with E-state index in [0.29, 0.717) is 34.9 Å². The maximum Gasteiger partial charge on any atom is 0.331 e. The highest BCUT2D eigenvalue weighted by Crippen LogP contribution is 2.27. The first-order valence-electron chi connectivity index (χ1n) is 9.21. The molecule has 2 amide bonds. The average molecular weight is 412 g/mol. The summed E-state index contributed by atoms with van der Waals surface area (Å²) >= 11 is 0. The molecule has 0 bridgehead atoms. The van der Waals surface area contributed by atoms with E-state index in [4.69, 9.17) is 14.2 Å². The Morgan fingerprint density at radius 1 is 1.00 bits per heavy atom. The number of rotatable bonds is 9. The SMILES string of the molecule is CCNC(=O)c1cccc(NC(=O)COC(=O)/C=C/c2ccc(OC)c(OC)c2)c1. The molecule has 0 saturated heterocycles. The van der Waals surface area contributed by atoms with Crippen LogP contribution in [0.3, 0.4) is 0 Å². The smallest absolute Gasteiger partial charge is 0.331 e. The van der Waals surface area contributed by atoms with Crippen molar-refractivity contribution in [1.29, 1.82) is 0 Å². The Labute approximate surface area is 174 Å². The van der Waals surface area contributed by atoms with Crippen LogP contribution in [0.2, 0.25) is 0 Å². The molecule has 0 aromatic heterocycles. The Kier molecular flexibility index (Phi) is 8.43. The van der Waals surface area contributed by atoms with Crippen molar-refractivity contribution < 1.29 is 28.6 Å². The monoisotopic (exact) mass is 412 g/mol. The van der Waals surface area contributed by atoms with Crippen molar-refractivity contribution in [2.24, 2.45) is 0 Å². The first kappa shape index (κ1) is 22.5. The van der Waals surface area contributed by atoms with Gasteiger partial charge in [-0.3, -0.25) is 9.59 Å². The molecule has 0 spiro atoms. The molecule has 2 aromatic carbocycles. The van der Waals surface area contributed by atoms with Gasteiger partial charge in [0.05, 0.1) is 14.2 Å². The summed E-state index contributed by atoms with van der Waals surface area (Å²) in [5, 5.41) is 5.27. The van der Waals surface area contributed by atoms with Gasteiger partial charge in [0.2, 0.25) is 0 Å². The lowest BCUT2D eigenvalue weighted by atomic mass is 10.2. The normalized spacial score (nSPS) is 10.4. The van der Waals surface area contributed by atoms with E-state index in [2.05, 4.69) is 10.6 Å². The summed E-state index contributed by atoms with van der Waals surface area (Å²) in [6.07, 6.45) is 2.75. The summed E-state index contributed by atoms with van der Waals surface area (Å²) in [5.41, 5.74) is 1.56. The van der Waals surface area contributed by atoms with Gasteiger partial charge in [-0.05, 0) is 48.9 Å². The van der Waals surface area contributed by atoms with Crippen LogP contribution in [0.5, 0.6) is 11.5 Å². The minimum atomic E-state index is -0.670. The predicted octanol–water partition coefficient (Wildman–Crippen LogP) is 2.65. The Morgan fingerprint density at radius 3 is 2.47 bits per heavy atom. The number of nitrogens with one attached hydrogen (secondary N) is 2. The maximum atomic E-state index is 12.0. The van der Waals surface area contributed by atoms with Gasteiger partial charge in [-0.25, -0.2) is 4.79 Å². The number of esters is 1. The Balaban J connectivity index is 1.87. The summed E-state index contributed by atoms with van der Waals surface area (Å²) in [4.78, 5) is 35.7. The molecule has 158 valence electrons. The van der Waals surface area contributed by atoms with Gasteiger partial charge in [0.1, 0.15) is 0 Å². The third kappa shape index (κ3) is 6.66. The second kappa shape index (κ2) is 11.3. The van der Waals surface area contributed by atoms with Crippen molar-refractivity contribution in [2.75, 3.05) is 32.7 Å². The Bertz CT molecular complexity index is 939. The number of hydrogen-bond donors (Lipinski definition) is 2. The maximum absolute atomic E-state index is 12.0. The van der Waals surface area contributed by atoms with Crippen molar-refractivity contribution >= 4 is 29.5 Å². The number of hydrogen-bond acceptors (Lipinski definition) is 6. The van der Waals surface area contributed by atoms with Gasteiger partial charge in [0.15, 0.2) is 18.1 Å². The highest BCUT2D eigenvalue weighted by atomic mass is 16.5. The van der Waals surface area contributed by atoms with E-state index in [1.165, 1.54) is 26.4 Å². The molecule has 30 heavy (non-hydrogen) atoms. The van der Waals surface area contributed by atoms with E-state index < -0.39 is 18.5 Å². The van der Waals surface area contributed by atoms with Crippen molar-refractivity contribution in [2.45, 2.75) is 6.92 Å². The largest absolute Gasteiger partial charge is 0.493 e. The van der Waals surface area contributed by atoms with Gasteiger partial charge < -0.3 is 24.8 Å². The first-order chi connectivity index (χ1) is 14.5. The Hall–Kier alpha value is -3.81. The molecule has 2 N–H and O–H groups in total. The zero-order chi connectivity index (χ0) is 21.9. The minimum absolute atomic E-state index is 0.236. The summed E-state index contributed by atoms with van der Waals surface area (Å²) in [7, 11) is 3.05. The summed E-state index contributed by atoms with van der Waals surface area (Å²) in [6, 6.07) is 11.6. The van der Waals surface area contributed by atoms with Crippen molar-refractivity contribution in [3.05, 3.63) is 59.7 Å². The predicted molar refractivity (Wildman–Crippen MR) is 113 cm³/mol. The van der Waals surface area contributed by atoms with Crippen LogP contribution < -0.4 is 20.1 Å². The molecule has 0 fully saturated rings. The molecule has 0 unspecified atom stereocenters. The zero-order valence-electron chi connectivity index (χ0n) is 17.1. The van der Waals surface area contributed by atoms with Crippen LogP contribution >= 0.6 is 0 Å². The molecule has 0 saturated carbocycles. The second-order valence-electron chi connectivity index (χ2n) is 6.04. The lowest BCUT2D eigenvalue weighted by Gasteiger charge is -2.08. The highest BCUT2D eigenvalue weighted by Gasteiger charge is 2.09. The van der Waals surface area contributed by atoms with Gasteiger partial charge in [-0.1, -0.05) is 12.1 Å².